The van der Waals surface area contributed by atoms with Crippen LogP contribution in [-0.2, 0) is 16.1 Å². The summed E-state index contributed by atoms with van der Waals surface area (Å²) in [6.07, 6.45) is 2.20. The quantitative estimate of drug-likeness (QED) is 0.568. The van der Waals surface area contributed by atoms with Crippen LogP contribution < -0.4 is 10.2 Å². The van der Waals surface area contributed by atoms with Crippen molar-refractivity contribution in [2.45, 2.75) is 24.6 Å². The van der Waals surface area contributed by atoms with Gasteiger partial charge in [-0.3, -0.25) is 14.7 Å². The molecule has 11 heteroatoms. The van der Waals surface area contributed by atoms with Crippen LogP contribution in [0.25, 0.3) is 11.1 Å². The van der Waals surface area contributed by atoms with Crippen molar-refractivity contribution in [3.05, 3.63) is 54.2 Å². The van der Waals surface area contributed by atoms with Crippen LogP contribution in [0.2, 0.25) is 0 Å². The van der Waals surface area contributed by atoms with Gasteiger partial charge in [-0.2, -0.15) is 0 Å². The molecule has 0 aliphatic carbocycles. The second-order valence-corrected chi connectivity index (χ2v) is 7.49. The third kappa shape index (κ3) is 4.82. The molecule has 9 nitrogen and oxygen atoms in total. The summed E-state index contributed by atoms with van der Waals surface area (Å²) in [4.78, 5) is 28.9. The minimum absolute atomic E-state index is 0.208. The minimum Gasteiger partial charge on any atom is -0.442 e. The molecule has 1 aliphatic heterocycles. The van der Waals surface area contributed by atoms with Gasteiger partial charge in [-0.1, -0.05) is 11.3 Å². The summed E-state index contributed by atoms with van der Waals surface area (Å²) in [7, 11) is 0. The maximum absolute atomic E-state index is 14.8. The molecule has 1 saturated heterocycles. The summed E-state index contributed by atoms with van der Waals surface area (Å²) in [5, 5.41) is 10.8. The third-order valence-electron chi connectivity index (χ3n) is 4.70. The van der Waals surface area contributed by atoms with Crippen LogP contribution in [0.15, 0.2) is 47.8 Å². The Morgan fingerprint density at radius 1 is 1.35 bits per heavy atom. The molecule has 1 fully saturated rings. The van der Waals surface area contributed by atoms with Gasteiger partial charge in [-0.15, -0.1) is 17.7 Å². The Bertz CT molecular complexity index is 1120. The fourth-order valence-electron chi connectivity index (χ4n) is 3.21. The largest absolute Gasteiger partial charge is 0.442 e. The number of benzene rings is 1. The fourth-order valence-corrected chi connectivity index (χ4v) is 3.38. The van der Waals surface area contributed by atoms with E-state index in [1.807, 2.05) is 0 Å². The molecular formula is C20H19FN6O3S. The zero-order chi connectivity index (χ0) is 22.0. The molecule has 0 bridgehead atoms. The second kappa shape index (κ2) is 8.72. The Balaban J connectivity index is 1.46. The molecule has 0 saturated carbocycles. The number of rotatable bonds is 6. The van der Waals surface area contributed by atoms with E-state index in [0.717, 1.165) is 5.69 Å². The molecule has 1 atom stereocenters. The summed E-state index contributed by atoms with van der Waals surface area (Å²) in [5.74, 6) is -0.696. The highest BCUT2D eigenvalue weighted by molar-refractivity contribution is 7.80. The van der Waals surface area contributed by atoms with Crippen molar-refractivity contribution in [1.29, 1.82) is 0 Å². The predicted molar refractivity (Wildman–Crippen MR) is 112 cm³/mol. The molecule has 1 N–H and O–H groups in total. The van der Waals surface area contributed by atoms with Crippen LogP contribution >= 0.6 is 12.6 Å². The molecule has 31 heavy (non-hydrogen) atoms. The predicted octanol–water partition coefficient (Wildman–Crippen LogP) is 2.28. The summed E-state index contributed by atoms with van der Waals surface area (Å²) >= 11 is 4.11. The van der Waals surface area contributed by atoms with E-state index in [1.54, 1.807) is 41.3 Å². The Hall–Kier alpha value is -3.47. The van der Waals surface area contributed by atoms with Gasteiger partial charge < -0.3 is 10.1 Å². The number of carbonyl (C=O) groups is 2. The van der Waals surface area contributed by atoms with Gasteiger partial charge in [0.25, 0.3) is 0 Å². The average molecular weight is 442 g/mol. The SMILES string of the molecule is CC(=O)NC[C@H]1CN(c2ccc(-c3ccc(Cn4cc(S)nn4)nc3)c(F)c2)C(=O)O1. The highest BCUT2D eigenvalue weighted by Crippen LogP contribution is 2.29. The van der Waals surface area contributed by atoms with Gasteiger partial charge in [0, 0.05) is 24.2 Å². The monoisotopic (exact) mass is 442 g/mol. The first-order chi connectivity index (χ1) is 14.9. The maximum atomic E-state index is 14.8. The van der Waals surface area contributed by atoms with E-state index in [4.69, 9.17) is 4.74 Å². The Morgan fingerprint density at radius 3 is 2.84 bits per heavy atom. The van der Waals surface area contributed by atoms with E-state index in [9.17, 15) is 14.0 Å². The number of anilines is 1. The average Bonchev–Trinajstić information content (AvgIpc) is 3.32. The minimum atomic E-state index is -0.578. The highest BCUT2D eigenvalue weighted by Gasteiger charge is 2.32. The van der Waals surface area contributed by atoms with Gasteiger partial charge in [0.1, 0.15) is 16.9 Å². The lowest BCUT2D eigenvalue weighted by Crippen LogP contribution is -2.33. The summed E-state index contributed by atoms with van der Waals surface area (Å²) < 4.78 is 21.6. The topological polar surface area (TPSA) is 102 Å². The van der Waals surface area contributed by atoms with E-state index in [-0.39, 0.29) is 19.0 Å². The van der Waals surface area contributed by atoms with Gasteiger partial charge in [-0.05, 0) is 24.3 Å². The molecule has 1 aromatic carbocycles. The van der Waals surface area contributed by atoms with E-state index in [2.05, 4.69) is 33.2 Å². The number of hydrogen-bond acceptors (Lipinski definition) is 7. The van der Waals surface area contributed by atoms with Gasteiger partial charge in [0.2, 0.25) is 5.91 Å². The molecule has 0 unspecified atom stereocenters. The summed E-state index contributed by atoms with van der Waals surface area (Å²) in [6.45, 7) is 2.24. The number of halogens is 1. The van der Waals surface area contributed by atoms with Crippen molar-refractivity contribution in [2.24, 2.45) is 0 Å². The fraction of sp³-hybridized carbons (Fsp3) is 0.250. The van der Waals surface area contributed by atoms with Crippen LogP contribution in [0.4, 0.5) is 14.9 Å². The van der Waals surface area contributed by atoms with Crippen LogP contribution in [0.5, 0.6) is 0 Å². The number of nitrogens with one attached hydrogen (secondary N) is 1. The molecule has 0 radical (unpaired) electrons. The first-order valence-corrected chi connectivity index (χ1v) is 9.90. The van der Waals surface area contributed by atoms with Crippen LogP contribution in [0, 0.1) is 5.82 Å². The van der Waals surface area contributed by atoms with Gasteiger partial charge in [-0.25, -0.2) is 13.9 Å². The molecule has 0 spiro atoms. The van der Waals surface area contributed by atoms with Crippen molar-refractivity contribution >= 4 is 30.3 Å². The van der Waals surface area contributed by atoms with E-state index >= 15 is 0 Å². The van der Waals surface area contributed by atoms with E-state index in [1.165, 1.54) is 17.9 Å². The van der Waals surface area contributed by atoms with Crippen LogP contribution in [0.3, 0.4) is 0 Å². The van der Waals surface area contributed by atoms with Crippen molar-refractivity contribution in [3.8, 4) is 11.1 Å². The van der Waals surface area contributed by atoms with Crippen LogP contribution in [-0.4, -0.2) is 51.2 Å². The van der Waals surface area contributed by atoms with E-state index < -0.39 is 18.0 Å². The van der Waals surface area contributed by atoms with Crippen molar-refractivity contribution in [2.75, 3.05) is 18.0 Å². The molecule has 2 amide bonds. The lowest BCUT2D eigenvalue weighted by atomic mass is 10.1. The number of nitrogens with zero attached hydrogens (tertiary/aromatic N) is 5. The Kier molecular flexibility index (Phi) is 5.85. The first-order valence-electron chi connectivity index (χ1n) is 9.45. The number of thiol groups is 1. The summed E-state index contributed by atoms with van der Waals surface area (Å²) in [5.41, 5.74) is 2.09. The zero-order valence-corrected chi connectivity index (χ0v) is 17.4. The highest BCUT2D eigenvalue weighted by atomic mass is 32.1. The standard InChI is InChI=1S/C20H19FN6O3S/c1-12(28)22-8-16-10-27(20(29)30-16)15-4-5-17(18(21)6-15)13-2-3-14(23-7-13)9-26-11-19(31)24-25-26/h2-7,11,16,31H,8-10H2,1H3,(H,22,28)/t16-/m0/s1. The zero-order valence-electron chi connectivity index (χ0n) is 16.5. The molecular weight excluding hydrogens is 423 g/mol. The number of ether oxygens (including phenoxy) is 1. The number of carbonyl (C=O) groups excluding carboxylic acids is 2. The number of hydrogen-bond donors (Lipinski definition) is 2. The molecule has 160 valence electrons. The van der Waals surface area contributed by atoms with Gasteiger partial charge in [0.05, 0.1) is 37.2 Å². The van der Waals surface area contributed by atoms with Crippen molar-refractivity contribution in [3.63, 3.8) is 0 Å². The van der Waals surface area contributed by atoms with Crippen molar-refractivity contribution < 1.29 is 18.7 Å². The number of cyclic esters (lactones) is 1. The second-order valence-electron chi connectivity index (χ2n) is 7.03. The smallest absolute Gasteiger partial charge is 0.414 e. The molecule has 2 aromatic heterocycles. The number of aromatic nitrogens is 4. The Labute approximate surface area is 182 Å². The normalized spacial score (nSPS) is 15.8. The lowest BCUT2D eigenvalue weighted by molar-refractivity contribution is -0.119. The van der Waals surface area contributed by atoms with Gasteiger partial charge >= 0.3 is 6.09 Å². The molecule has 1 aliphatic rings. The Morgan fingerprint density at radius 2 is 2.19 bits per heavy atom. The van der Waals surface area contributed by atoms with Crippen molar-refractivity contribution in [1.82, 2.24) is 25.3 Å². The van der Waals surface area contributed by atoms with Crippen LogP contribution in [0.1, 0.15) is 12.6 Å². The first kappa shape index (κ1) is 20.8. The molecule has 3 heterocycles. The van der Waals surface area contributed by atoms with Gasteiger partial charge in [0.15, 0.2) is 0 Å². The lowest BCUT2D eigenvalue weighted by Gasteiger charge is -2.14. The summed E-state index contributed by atoms with van der Waals surface area (Å²) in [6, 6.07) is 8.09. The maximum Gasteiger partial charge on any atom is 0.414 e. The molecule has 4 rings (SSSR count). The number of pyridine rings is 1. The third-order valence-corrected chi connectivity index (χ3v) is 4.91. The molecule has 3 aromatic rings. The number of amides is 2. The van der Waals surface area contributed by atoms with E-state index in [0.29, 0.717) is 28.4 Å².